The molecule has 0 amide bonds. The highest BCUT2D eigenvalue weighted by Gasteiger charge is 2.32. The monoisotopic (exact) mass is 290 g/mol. The Hall–Kier alpha value is -0.860. The SMILES string of the molecule is CCCNC(c1ccccc1)C(C)(C)CN(C)C(C)CC. The molecule has 2 heteroatoms. The molecule has 0 aliphatic carbocycles. The Morgan fingerprint density at radius 2 is 1.76 bits per heavy atom. The third kappa shape index (κ3) is 5.44. The topological polar surface area (TPSA) is 15.3 Å². The van der Waals surface area contributed by atoms with Crippen LogP contribution >= 0.6 is 0 Å². The molecule has 1 N–H and O–H groups in total. The average Bonchev–Trinajstić information content (AvgIpc) is 2.47. The number of benzene rings is 1. The summed E-state index contributed by atoms with van der Waals surface area (Å²) >= 11 is 0. The van der Waals surface area contributed by atoms with E-state index in [-0.39, 0.29) is 5.41 Å². The van der Waals surface area contributed by atoms with Gasteiger partial charge in [0.1, 0.15) is 0 Å². The highest BCUT2D eigenvalue weighted by atomic mass is 15.1. The molecular weight excluding hydrogens is 256 g/mol. The van der Waals surface area contributed by atoms with Crippen molar-refractivity contribution >= 4 is 0 Å². The third-order valence-electron chi connectivity index (χ3n) is 4.51. The summed E-state index contributed by atoms with van der Waals surface area (Å²) in [6.45, 7) is 13.7. The molecule has 1 rings (SSSR count). The molecular formula is C19H34N2. The van der Waals surface area contributed by atoms with Crippen LogP contribution in [0.3, 0.4) is 0 Å². The Labute approximate surface area is 131 Å². The Balaban J connectivity index is 2.90. The van der Waals surface area contributed by atoms with Gasteiger partial charge >= 0.3 is 0 Å². The van der Waals surface area contributed by atoms with E-state index in [1.165, 1.54) is 18.4 Å². The first-order chi connectivity index (χ1) is 9.92. The van der Waals surface area contributed by atoms with Gasteiger partial charge in [-0.3, -0.25) is 0 Å². The van der Waals surface area contributed by atoms with Crippen molar-refractivity contribution < 1.29 is 0 Å². The van der Waals surface area contributed by atoms with E-state index in [9.17, 15) is 0 Å². The van der Waals surface area contributed by atoms with Gasteiger partial charge in [0.15, 0.2) is 0 Å². The molecule has 0 spiro atoms. The van der Waals surface area contributed by atoms with Crippen LogP contribution in [0.5, 0.6) is 0 Å². The molecule has 2 unspecified atom stereocenters. The van der Waals surface area contributed by atoms with E-state index in [0.717, 1.165) is 13.1 Å². The summed E-state index contributed by atoms with van der Waals surface area (Å²) in [7, 11) is 2.25. The predicted molar refractivity (Wildman–Crippen MR) is 93.6 cm³/mol. The lowest BCUT2D eigenvalue weighted by atomic mass is 9.79. The van der Waals surface area contributed by atoms with Crippen molar-refractivity contribution in [1.29, 1.82) is 0 Å². The molecule has 0 fully saturated rings. The molecule has 0 heterocycles. The zero-order valence-corrected chi connectivity index (χ0v) is 14.8. The van der Waals surface area contributed by atoms with Crippen LogP contribution in [0, 0.1) is 5.41 Å². The first kappa shape index (κ1) is 18.2. The Kier molecular flexibility index (Phi) is 7.41. The summed E-state index contributed by atoms with van der Waals surface area (Å²) in [5, 5.41) is 3.76. The second-order valence-electron chi connectivity index (χ2n) is 6.96. The van der Waals surface area contributed by atoms with Gasteiger partial charge in [-0.15, -0.1) is 0 Å². The number of nitrogens with one attached hydrogen (secondary N) is 1. The maximum atomic E-state index is 3.76. The highest BCUT2D eigenvalue weighted by molar-refractivity contribution is 5.21. The van der Waals surface area contributed by atoms with E-state index >= 15 is 0 Å². The molecule has 0 aliphatic rings. The fourth-order valence-corrected chi connectivity index (χ4v) is 2.98. The molecule has 2 nitrogen and oxygen atoms in total. The van der Waals surface area contributed by atoms with Crippen molar-refractivity contribution in [1.82, 2.24) is 10.2 Å². The standard InChI is InChI=1S/C19H34N2/c1-7-14-20-18(17-12-10-9-11-13-17)19(4,5)15-21(6)16(3)8-2/h9-13,16,18,20H,7-8,14-15H2,1-6H3. The van der Waals surface area contributed by atoms with Crippen LogP contribution in [0.15, 0.2) is 30.3 Å². The average molecular weight is 290 g/mol. The van der Waals surface area contributed by atoms with Crippen LogP contribution in [0.1, 0.15) is 59.1 Å². The van der Waals surface area contributed by atoms with Crippen molar-refractivity contribution in [2.24, 2.45) is 5.41 Å². The molecule has 21 heavy (non-hydrogen) atoms. The van der Waals surface area contributed by atoms with Gasteiger partial charge in [-0.05, 0) is 44.3 Å². The fraction of sp³-hybridized carbons (Fsp3) is 0.684. The van der Waals surface area contributed by atoms with E-state index in [2.05, 4.69) is 82.2 Å². The molecule has 0 radical (unpaired) electrons. The number of hydrogen-bond acceptors (Lipinski definition) is 2. The summed E-state index contributed by atoms with van der Waals surface area (Å²) in [6.07, 6.45) is 2.37. The van der Waals surface area contributed by atoms with Gasteiger partial charge in [0, 0.05) is 18.6 Å². The van der Waals surface area contributed by atoms with E-state index in [4.69, 9.17) is 0 Å². The minimum absolute atomic E-state index is 0.189. The Morgan fingerprint density at radius 3 is 2.29 bits per heavy atom. The quantitative estimate of drug-likeness (QED) is 0.721. The van der Waals surface area contributed by atoms with Gasteiger partial charge in [0.05, 0.1) is 0 Å². The van der Waals surface area contributed by atoms with Gasteiger partial charge in [-0.1, -0.05) is 58.0 Å². The maximum absolute atomic E-state index is 3.76. The largest absolute Gasteiger partial charge is 0.309 e. The molecule has 0 bridgehead atoms. The van der Waals surface area contributed by atoms with Crippen molar-refractivity contribution in [3.63, 3.8) is 0 Å². The zero-order chi connectivity index (χ0) is 15.9. The molecule has 120 valence electrons. The molecule has 0 aromatic heterocycles. The van der Waals surface area contributed by atoms with E-state index in [0.29, 0.717) is 12.1 Å². The molecule has 0 saturated carbocycles. The van der Waals surface area contributed by atoms with Gasteiger partial charge in [-0.2, -0.15) is 0 Å². The first-order valence-corrected chi connectivity index (χ1v) is 8.41. The highest BCUT2D eigenvalue weighted by Crippen LogP contribution is 2.34. The lowest BCUT2D eigenvalue weighted by Gasteiger charge is -2.40. The molecule has 0 aliphatic heterocycles. The second-order valence-corrected chi connectivity index (χ2v) is 6.96. The second kappa shape index (κ2) is 8.55. The normalized spacial score (nSPS) is 15.2. The minimum Gasteiger partial charge on any atom is -0.309 e. The summed E-state index contributed by atoms with van der Waals surface area (Å²) in [4.78, 5) is 2.49. The summed E-state index contributed by atoms with van der Waals surface area (Å²) in [6, 6.07) is 11.9. The summed E-state index contributed by atoms with van der Waals surface area (Å²) < 4.78 is 0. The fourth-order valence-electron chi connectivity index (χ4n) is 2.98. The van der Waals surface area contributed by atoms with Crippen LogP contribution in [0.4, 0.5) is 0 Å². The lowest BCUT2D eigenvalue weighted by Crippen LogP contribution is -2.44. The van der Waals surface area contributed by atoms with Gasteiger partial charge in [0.2, 0.25) is 0 Å². The molecule has 1 aromatic carbocycles. The van der Waals surface area contributed by atoms with Crippen LogP contribution in [0.2, 0.25) is 0 Å². The first-order valence-electron chi connectivity index (χ1n) is 8.41. The molecule has 2 atom stereocenters. The predicted octanol–water partition coefficient (Wildman–Crippen LogP) is 4.48. The lowest BCUT2D eigenvalue weighted by molar-refractivity contribution is 0.127. The number of hydrogen-bond donors (Lipinski definition) is 1. The number of nitrogens with zero attached hydrogens (tertiary/aromatic N) is 1. The maximum Gasteiger partial charge on any atom is 0.0384 e. The van der Waals surface area contributed by atoms with Gasteiger partial charge < -0.3 is 10.2 Å². The van der Waals surface area contributed by atoms with Crippen LogP contribution < -0.4 is 5.32 Å². The van der Waals surface area contributed by atoms with Crippen molar-refractivity contribution in [2.75, 3.05) is 20.1 Å². The molecule has 0 saturated heterocycles. The summed E-state index contributed by atoms with van der Waals surface area (Å²) in [5.41, 5.74) is 1.59. The van der Waals surface area contributed by atoms with E-state index < -0.39 is 0 Å². The van der Waals surface area contributed by atoms with Crippen LogP contribution in [0.25, 0.3) is 0 Å². The van der Waals surface area contributed by atoms with Crippen molar-refractivity contribution in [2.45, 2.75) is 59.5 Å². The van der Waals surface area contributed by atoms with Crippen LogP contribution in [-0.4, -0.2) is 31.1 Å². The van der Waals surface area contributed by atoms with E-state index in [1.54, 1.807) is 0 Å². The van der Waals surface area contributed by atoms with Crippen molar-refractivity contribution in [3.05, 3.63) is 35.9 Å². The van der Waals surface area contributed by atoms with Crippen molar-refractivity contribution in [3.8, 4) is 0 Å². The summed E-state index contributed by atoms with van der Waals surface area (Å²) in [5.74, 6) is 0. The Morgan fingerprint density at radius 1 is 1.14 bits per heavy atom. The minimum atomic E-state index is 0.189. The molecule has 1 aromatic rings. The van der Waals surface area contributed by atoms with E-state index in [1.807, 2.05) is 0 Å². The van der Waals surface area contributed by atoms with Gasteiger partial charge in [-0.25, -0.2) is 0 Å². The Bertz CT molecular complexity index is 386. The smallest absolute Gasteiger partial charge is 0.0384 e. The van der Waals surface area contributed by atoms with Gasteiger partial charge in [0.25, 0.3) is 0 Å². The zero-order valence-electron chi connectivity index (χ0n) is 14.8. The third-order valence-corrected chi connectivity index (χ3v) is 4.51. The number of rotatable bonds is 9. The van der Waals surface area contributed by atoms with Crippen LogP contribution in [-0.2, 0) is 0 Å².